The number of carbonyl (C=O) groups excluding carboxylic acids is 1. The molecule has 1 aromatic heterocycles. The molecule has 0 aliphatic carbocycles. The molecule has 11 heteroatoms. The minimum Gasteiger partial charge on any atom is -0.317 e. The Labute approximate surface area is 270 Å². The number of halogens is 2. The third kappa shape index (κ3) is 4.82. The molecule has 1 unspecified atom stereocenters. The summed E-state index contributed by atoms with van der Waals surface area (Å²) in [6, 6.07) is 25.7. The predicted octanol–water partition coefficient (Wildman–Crippen LogP) is 8.04. The highest BCUT2D eigenvalue weighted by Gasteiger charge is 2.43. The van der Waals surface area contributed by atoms with Crippen molar-refractivity contribution in [3.63, 3.8) is 0 Å². The number of aryl methyl sites for hydroxylation is 1. The highest BCUT2D eigenvalue weighted by Crippen LogP contribution is 2.49. The molecule has 0 spiro atoms. The highest BCUT2D eigenvalue weighted by atomic mass is 35.5. The molecule has 3 heterocycles. The smallest absolute Gasteiger partial charge is 0.291 e. The van der Waals surface area contributed by atoms with Gasteiger partial charge in [0.2, 0.25) is 15.7 Å². The maximum absolute atomic E-state index is 13.5. The van der Waals surface area contributed by atoms with E-state index in [2.05, 4.69) is 19.2 Å². The number of nitrogens with zero attached hydrogens (tertiary/aromatic N) is 4. The van der Waals surface area contributed by atoms with Crippen LogP contribution in [-0.2, 0) is 14.6 Å². The van der Waals surface area contributed by atoms with E-state index in [9.17, 15) is 13.2 Å². The maximum atomic E-state index is 13.5. The lowest BCUT2D eigenvalue weighted by atomic mass is 9.93. The Morgan fingerprint density at radius 3 is 2.22 bits per heavy atom. The first-order valence-corrected chi connectivity index (χ1v) is 16.6. The molecule has 226 valence electrons. The lowest BCUT2D eigenvalue weighted by Gasteiger charge is -2.40. The SMILES string of the molecule is Cc1nn(-c2ccc(S(=O)(=O)c3ccc(C(C)C)cc3)cc2)c2c1C(c1ccc(Cl)cc1Cl)N1C(=N2)C(=O)Nc2ccccc21. The van der Waals surface area contributed by atoms with Crippen LogP contribution in [-0.4, -0.2) is 29.9 Å². The number of para-hydroxylation sites is 2. The number of nitrogens with one attached hydrogen (secondary N) is 1. The van der Waals surface area contributed by atoms with Crippen LogP contribution in [0.3, 0.4) is 0 Å². The van der Waals surface area contributed by atoms with E-state index in [-0.39, 0.29) is 21.5 Å². The molecule has 0 fully saturated rings. The normalized spacial score (nSPS) is 15.7. The summed E-state index contributed by atoms with van der Waals surface area (Å²) in [7, 11) is -3.74. The Balaban J connectivity index is 1.36. The molecule has 5 aromatic rings. The van der Waals surface area contributed by atoms with Crippen LogP contribution < -0.4 is 10.2 Å². The van der Waals surface area contributed by atoms with E-state index < -0.39 is 15.9 Å². The van der Waals surface area contributed by atoms with Crippen LogP contribution in [0.25, 0.3) is 5.69 Å². The van der Waals surface area contributed by atoms with Gasteiger partial charge in [0.05, 0.1) is 38.6 Å². The molecular weight excluding hydrogens is 629 g/mol. The number of carbonyl (C=O) groups is 1. The molecule has 1 atom stereocenters. The first-order chi connectivity index (χ1) is 21.5. The van der Waals surface area contributed by atoms with E-state index in [0.717, 1.165) is 22.4 Å². The van der Waals surface area contributed by atoms with Crippen LogP contribution in [0.4, 0.5) is 17.2 Å². The highest BCUT2D eigenvalue weighted by molar-refractivity contribution is 7.91. The molecule has 2 aliphatic heterocycles. The molecule has 0 saturated heterocycles. The van der Waals surface area contributed by atoms with Crippen LogP contribution in [0.2, 0.25) is 10.0 Å². The lowest BCUT2D eigenvalue weighted by Crippen LogP contribution is -2.48. The van der Waals surface area contributed by atoms with E-state index in [1.54, 1.807) is 53.2 Å². The molecule has 0 saturated carbocycles. The minimum atomic E-state index is -3.74. The van der Waals surface area contributed by atoms with Crippen molar-refractivity contribution in [3.8, 4) is 5.69 Å². The fraction of sp³-hybridized carbons (Fsp3) is 0.147. The number of rotatable bonds is 5. The zero-order chi connectivity index (χ0) is 31.6. The summed E-state index contributed by atoms with van der Waals surface area (Å²) < 4.78 is 28.5. The first-order valence-electron chi connectivity index (χ1n) is 14.3. The van der Waals surface area contributed by atoms with Gasteiger partial charge in [-0.05, 0) is 84.6 Å². The van der Waals surface area contributed by atoms with Gasteiger partial charge in [-0.3, -0.25) is 4.79 Å². The molecule has 45 heavy (non-hydrogen) atoms. The van der Waals surface area contributed by atoms with Crippen molar-refractivity contribution in [2.24, 2.45) is 4.99 Å². The Morgan fingerprint density at radius 2 is 1.56 bits per heavy atom. The number of amides is 1. The second-order valence-corrected chi connectivity index (χ2v) is 14.1. The van der Waals surface area contributed by atoms with Crippen LogP contribution in [0.1, 0.15) is 48.2 Å². The molecule has 1 amide bonds. The summed E-state index contributed by atoms with van der Waals surface area (Å²) in [4.78, 5) is 20.6. The fourth-order valence-corrected chi connectivity index (χ4v) is 7.65. The average molecular weight is 657 g/mol. The quantitative estimate of drug-likeness (QED) is 0.207. The molecule has 2 aliphatic rings. The Kier molecular flexibility index (Phi) is 7.07. The lowest BCUT2D eigenvalue weighted by molar-refractivity contribution is -0.110. The largest absolute Gasteiger partial charge is 0.317 e. The van der Waals surface area contributed by atoms with E-state index in [0.29, 0.717) is 38.8 Å². The number of hydrogen-bond acceptors (Lipinski definition) is 6. The van der Waals surface area contributed by atoms with Gasteiger partial charge in [-0.25, -0.2) is 18.1 Å². The van der Waals surface area contributed by atoms with E-state index >= 15 is 0 Å². The standard InChI is InChI=1S/C34H27Cl2N5O3S/c1-19(2)21-8-13-24(14-9-21)45(43,44)25-15-11-23(12-16-25)41-32-30(20(3)39-41)31(26-17-10-22(35)18-27(26)36)40-29-7-5-4-6-28(29)37-34(42)33(40)38-32/h4-19,31H,1-3H3,(H,37,42). The zero-order valence-electron chi connectivity index (χ0n) is 24.5. The summed E-state index contributed by atoms with van der Waals surface area (Å²) in [6.07, 6.45) is 0. The van der Waals surface area contributed by atoms with Crippen molar-refractivity contribution in [1.29, 1.82) is 0 Å². The van der Waals surface area contributed by atoms with Crippen LogP contribution in [0.15, 0.2) is 106 Å². The third-order valence-electron chi connectivity index (χ3n) is 8.17. The summed E-state index contributed by atoms with van der Waals surface area (Å²) in [5, 5.41) is 8.70. The third-order valence-corrected chi connectivity index (χ3v) is 10.5. The number of fused-ring (bicyclic) bond motifs is 4. The summed E-state index contributed by atoms with van der Waals surface area (Å²) in [5.74, 6) is 0.557. The number of sulfone groups is 1. The van der Waals surface area contributed by atoms with Crippen molar-refractivity contribution in [3.05, 3.63) is 123 Å². The van der Waals surface area contributed by atoms with E-state index in [4.69, 9.17) is 33.3 Å². The van der Waals surface area contributed by atoms with Crippen LogP contribution in [0, 0.1) is 6.92 Å². The van der Waals surface area contributed by atoms with Crippen molar-refractivity contribution in [1.82, 2.24) is 9.78 Å². The average Bonchev–Trinajstić information content (AvgIpc) is 3.36. The topological polar surface area (TPSA) is 96.7 Å². The summed E-state index contributed by atoms with van der Waals surface area (Å²) in [6.45, 7) is 6.00. The van der Waals surface area contributed by atoms with Gasteiger partial charge in [0.15, 0.2) is 5.82 Å². The molecule has 4 aromatic carbocycles. The second-order valence-electron chi connectivity index (χ2n) is 11.3. The maximum Gasteiger partial charge on any atom is 0.291 e. The van der Waals surface area contributed by atoms with Gasteiger partial charge in [0.25, 0.3) is 5.91 Å². The Hall–Kier alpha value is -4.44. The van der Waals surface area contributed by atoms with Crippen LogP contribution >= 0.6 is 23.2 Å². The number of aromatic nitrogens is 2. The second kappa shape index (κ2) is 10.9. The van der Waals surface area contributed by atoms with E-state index in [1.165, 1.54) is 0 Å². The van der Waals surface area contributed by atoms with Gasteiger partial charge >= 0.3 is 0 Å². The minimum absolute atomic E-state index is 0.160. The monoisotopic (exact) mass is 655 g/mol. The van der Waals surface area contributed by atoms with Gasteiger partial charge < -0.3 is 10.2 Å². The van der Waals surface area contributed by atoms with Crippen molar-refractivity contribution in [2.75, 3.05) is 10.2 Å². The number of amidine groups is 1. The van der Waals surface area contributed by atoms with Crippen molar-refractivity contribution in [2.45, 2.75) is 42.5 Å². The van der Waals surface area contributed by atoms with Gasteiger partial charge in [-0.1, -0.05) is 67.4 Å². The molecule has 0 radical (unpaired) electrons. The zero-order valence-corrected chi connectivity index (χ0v) is 26.8. The van der Waals surface area contributed by atoms with E-state index in [1.807, 2.05) is 54.3 Å². The van der Waals surface area contributed by atoms with Crippen molar-refractivity contribution < 1.29 is 13.2 Å². The number of anilines is 2. The molecule has 0 bridgehead atoms. The fourth-order valence-electron chi connectivity index (χ4n) is 5.87. The molecular formula is C34H27Cl2N5O3S. The summed E-state index contributed by atoms with van der Waals surface area (Å²) in [5.41, 5.74) is 5.23. The predicted molar refractivity (Wildman–Crippen MR) is 177 cm³/mol. The number of aliphatic imine (C=N–C) groups is 1. The number of hydrogen-bond donors (Lipinski definition) is 1. The van der Waals surface area contributed by atoms with Gasteiger partial charge in [0, 0.05) is 15.6 Å². The van der Waals surface area contributed by atoms with Gasteiger partial charge in [-0.2, -0.15) is 5.10 Å². The van der Waals surface area contributed by atoms with Crippen LogP contribution in [0.5, 0.6) is 0 Å². The summed E-state index contributed by atoms with van der Waals surface area (Å²) >= 11 is 13.1. The Bertz CT molecular complexity index is 2140. The van der Waals surface area contributed by atoms with Gasteiger partial charge in [0.1, 0.15) is 0 Å². The number of benzene rings is 4. The first kappa shape index (κ1) is 29.3. The van der Waals surface area contributed by atoms with Gasteiger partial charge in [-0.15, -0.1) is 0 Å². The van der Waals surface area contributed by atoms with Crippen molar-refractivity contribution >= 4 is 62.0 Å². The molecule has 8 nitrogen and oxygen atoms in total. The molecule has 1 N–H and O–H groups in total. The molecule has 7 rings (SSSR count). The Morgan fingerprint density at radius 1 is 0.889 bits per heavy atom.